The van der Waals surface area contributed by atoms with Crippen molar-refractivity contribution in [3.05, 3.63) is 283 Å². The fourth-order valence-electron chi connectivity index (χ4n) is 10.2. The second-order valence-electron chi connectivity index (χ2n) is 16.1. The molecule has 0 bridgehead atoms. The van der Waals surface area contributed by atoms with Crippen molar-refractivity contribution in [2.24, 2.45) is 0 Å². The van der Waals surface area contributed by atoms with Crippen LogP contribution in [0, 0.1) is 0 Å². The van der Waals surface area contributed by atoms with Crippen LogP contribution in [-0.4, -0.2) is 0 Å². The van der Waals surface area contributed by atoms with Gasteiger partial charge in [-0.3, -0.25) is 0 Å². The molecule has 302 valence electrons. The third-order valence-corrected chi connectivity index (χ3v) is 12.7. The molecule has 2 aliphatic carbocycles. The monoisotopic (exact) mass is 822 g/mol. The third kappa shape index (κ3) is 5.90. The van der Waals surface area contributed by atoms with Gasteiger partial charge in [0.1, 0.15) is 0 Å². The van der Waals surface area contributed by atoms with E-state index in [4.69, 9.17) is 4.11 Å². The zero-order chi connectivity index (χ0) is 46.8. The van der Waals surface area contributed by atoms with Gasteiger partial charge in [0.15, 0.2) is 0 Å². The molecule has 0 fully saturated rings. The average Bonchev–Trinajstić information content (AvgIpc) is 3.88. The van der Waals surface area contributed by atoms with E-state index in [1.165, 1.54) is 33.4 Å². The second-order valence-corrected chi connectivity index (χ2v) is 16.1. The largest absolute Gasteiger partial charge is 0.310 e. The molecule has 3 nitrogen and oxygen atoms in total. The molecule has 10 aromatic rings. The maximum Gasteiger partial charge on any atom is 0.0726 e. The first-order valence-electron chi connectivity index (χ1n) is 24.1. The van der Waals surface area contributed by atoms with E-state index >= 15 is 0 Å². The summed E-state index contributed by atoms with van der Waals surface area (Å²) in [7, 11) is 0. The van der Waals surface area contributed by atoms with E-state index in [1.54, 1.807) is 4.90 Å². The van der Waals surface area contributed by atoms with Crippen LogP contribution < -0.4 is 14.7 Å². The van der Waals surface area contributed by atoms with E-state index in [2.05, 4.69) is 186 Å². The Hall–Kier alpha value is -8.40. The van der Waals surface area contributed by atoms with E-state index in [0.717, 1.165) is 45.3 Å². The number of hydrogen-bond donors (Lipinski definition) is 0. The van der Waals surface area contributed by atoms with Crippen molar-refractivity contribution in [1.82, 2.24) is 0 Å². The molecule has 0 unspecified atom stereocenters. The lowest BCUT2D eigenvalue weighted by molar-refractivity contribution is 0.794. The van der Waals surface area contributed by atoms with Gasteiger partial charge in [-0.25, -0.2) is 0 Å². The Kier molecular flexibility index (Phi) is 7.83. The molecule has 2 aliphatic rings. The second kappa shape index (κ2) is 15.5. The minimum absolute atomic E-state index is 0.0642. The maximum atomic E-state index is 9.18. The molecule has 0 radical (unpaired) electrons. The Morgan fingerprint density at radius 1 is 0.281 bits per heavy atom. The van der Waals surface area contributed by atoms with E-state index in [-0.39, 0.29) is 17.8 Å². The summed E-state index contributed by atoms with van der Waals surface area (Å²) in [6.45, 7) is 0. The Labute approximate surface area is 382 Å². The Morgan fingerprint density at radius 2 is 0.641 bits per heavy atom. The highest BCUT2D eigenvalue weighted by atomic mass is 15.2. The molecule has 3 heteroatoms. The zero-order valence-electron chi connectivity index (χ0n) is 39.8. The summed E-state index contributed by atoms with van der Waals surface area (Å²) in [6, 6.07) is 78.3. The molecular weight excluding hydrogens is 775 g/mol. The van der Waals surface area contributed by atoms with Crippen LogP contribution >= 0.6 is 0 Å². The summed E-state index contributed by atoms with van der Waals surface area (Å²) in [5, 5.41) is 0. The normalized spacial score (nSPS) is 13.6. The van der Waals surface area contributed by atoms with Gasteiger partial charge in [0.2, 0.25) is 0 Å². The van der Waals surface area contributed by atoms with Gasteiger partial charge in [0.25, 0.3) is 0 Å². The molecule has 0 heterocycles. The quantitative estimate of drug-likeness (QED) is 0.144. The van der Waals surface area contributed by atoms with E-state index in [9.17, 15) is 2.74 Å². The first-order chi connectivity index (χ1) is 33.9. The van der Waals surface area contributed by atoms with Crippen molar-refractivity contribution in [3.8, 4) is 22.3 Å². The average molecular weight is 823 g/mol. The van der Waals surface area contributed by atoms with Crippen LogP contribution in [0.15, 0.2) is 261 Å². The van der Waals surface area contributed by atoms with Crippen LogP contribution in [0.4, 0.5) is 51.2 Å². The van der Waals surface area contributed by atoms with Crippen molar-refractivity contribution >= 4 is 51.2 Å². The lowest BCUT2D eigenvalue weighted by Crippen LogP contribution is -2.26. The van der Waals surface area contributed by atoms with Crippen molar-refractivity contribution in [1.29, 1.82) is 0 Å². The van der Waals surface area contributed by atoms with Gasteiger partial charge in [-0.2, -0.15) is 0 Å². The third-order valence-electron chi connectivity index (χ3n) is 12.7. The fraction of sp³-hybridized carbons (Fsp3) is 0.0164. The Morgan fingerprint density at radius 3 is 1.14 bits per heavy atom. The number of benzene rings is 10. The van der Waals surface area contributed by atoms with Crippen molar-refractivity contribution < 1.29 is 6.85 Å². The maximum absolute atomic E-state index is 9.18. The molecule has 0 amide bonds. The predicted molar refractivity (Wildman–Crippen MR) is 267 cm³/mol. The zero-order valence-corrected chi connectivity index (χ0v) is 34.8. The lowest BCUT2D eigenvalue weighted by Gasteiger charge is -2.33. The number of anilines is 9. The molecule has 10 aromatic carbocycles. The molecule has 0 aliphatic heterocycles. The van der Waals surface area contributed by atoms with Gasteiger partial charge in [0, 0.05) is 51.1 Å². The number of hydrogen-bond acceptors (Lipinski definition) is 3. The summed E-state index contributed by atoms with van der Waals surface area (Å²) in [4.78, 5) is 6.35. The summed E-state index contributed by atoms with van der Waals surface area (Å²) in [6.07, 6.45) is 0. The Bertz CT molecular complexity index is 3490. The highest BCUT2D eigenvalue weighted by Crippen LogP contribution is 2.64. The van der Waals surface area contributed by atoms with Gasteiger partial charge in [0.05, 0.1) is 18.0 Å². The van der Waals surface area contributed by atoms with Gasteiger partial charge in [-0.15, -0.1) is 0 Å². The van der Waals surface area contributed by atoms with Crippen LogP contribution in [0.5, 0.6) is 0 Å². The van der Waals surface area contributed by atoms with Crippen molar-refractivity contribution in [3.63, 3.8) is 0 Å². The molecular formula is C61H43N3. The predicted octanol–water partition coefficient (Wildman–Crippen LogP) is 16.4. The summed E-state index contributed by atoms with van der Waals surface area (Å²) >= 11 is 0. The number of para-hydroxylation sites is 4. The molecule has 12 rings (SSSR count). The SMILES string of the molecule is [2H]c1c([2H])c([2H])c(N(c2ccccc2)c2cccc(N(c3cccc(N(c4ccccc4)c4ccccc4)c3)c3cccc4c3-c3ccccc3C43c4ccccc4-c4ccccc43)c2)c([2H])c1[2H]. The molecule has 0 atom stereocenters. The fourth-order valence-corrected chi connectivity index (χ4v) is 10.2. The molecule has 1 spiro atoms. The molecule has 0 saturated carbocycles. The van der Waals surface area contributed by atoms with Gasteiger partial charge >= 0.3 is 0 Å². The lowest BCUT2D eigenvalue weighted by atomic mass is 9.70. The summed E-state index contributed by atoms with van der Waals surface area (Å²) < 4.78 is 44.2. The minimum Gasteiger partial charge on any atom is -0.310 e. The van der Waals surface area contributed by atoms with Gasteiger partial charge < -0.3 is 14.7 Å². The van der Waals surface area contributed by atoms with Crippen LogP contribution in [0.3, 0.4) is 0 Å². The molecule has 64 heavy (non-hydrogen) atoms. The first kappa shape index (κ1) is 32.3. The summed E-state index contributed by atoms with van der Waals surface area (Å²) in [5.41, 5.74) is 16.1. The standard InChI is InChI=1S/C61H43N3/c1-5-22-44(23-6-1)62(45-24-7-2-8-25-45)48-30-19-32-50(42-48)64(51-33-20-31-49(43-51)63(46-26-9-3-10-27-46)47-28-11-4-12-29-47)59-41-21-40-58-60(59)54-36-15-18-39-57(54)61(58)55-37-16-13-34-52(55)53-35-14-17-38-56(53)61/h1-43H/i1D,5D,6D,22D,23D. The Balaban J connectivity index is 1.14. The smallest absolute Gasteiger partial charge is 0.0726 e. The van der Waals surface area contributed by atoms with Gasteiger partial charge in [-0.05, 0) is 130 Å². The van der Waals surface area contributed by atoms with Crippen LogP contribution in [0.2, 0.25) is 0 Å². The molecule has 0 N–H and O–H groups in total. The first-order valence-corrected chi connectivity index (χ1v) is 21.6. The number of nitrogens with zero attached hydrogens (tertiary/aromatic N) is 3. The van der Waals surface area contributed by atoms with Crippen LogP contribution in [-0.2, 0) is 5.41 Å². The summed E-state index contributed by atoms with van der Waals surface area (Å²) in [5.74, 6) is 0. The number of rotatable bonds is 9. The minimum atomic E-state index is -0.576. The van der Waals surface area contributed by atoms with Crippen molar-refractivity contribution in [2.75, 3.05) is 14.7 Å². The topological polar surface area (TPSA) is 9.72 Å². The number of fused-ring (bicyclic) bond motifs is 10. The van der Waals surface area contributed by atoms with Crippen LogP contribution in [0.1, 0.15) is 29.1 Å². The van der Waals surface area contributed by atoms with E-state index < -0.39 is 23.5 Å². The van der Waals surface area contributed by atoms with Gasteiger partial charge in [-0.1, -0.05) is 170 Å². The van der Waals surface area contributed by atoms with Crippen molar-refractivity contribution in [2.45, 2.75) is 5.41 Å². The van der Waals surface area contributed by atoms with E-state index in [1.807, 2.05) is 54.6 Å². The van der Waals surface area contributed by atoms with E-state index in [0.29, 0.717) is 11.4 Å². The molecule has 0 aromatic heterocycles. The van der Waals surface area contributed by atoms with Crippen LogP contribution in [0.25, 0.3) is 22.3 Å². The highest BCUT2D eigenvalue weighted by molar-refractivity contribution is 6.01. The highest BCUT2D eigenvalue weighted by Gasteiger charge is 2.52. The molecule has 0 saturated heterocycles.